The highest BCUT2D eigenvalue weighted by molar-refractivity contribution is 7.89. The van der Waals surface area contributed by atoms with E-state index in [0.29, 0.717) is 79.8 Å². The van der Waals surface area contributed by atoms with Crippen LogP contribution in [-0.2, 0) is 38.6 Å². The maximum absolute atomic E-state index is 14.0. The molecule has 2 aliphatic carbocycles. The lowest BCUT2D eigenvalue weighted by Crippen LogP contribution is -2.49. The van der Waals surface area contributed by atoms with E-state index in [1.54, 1.807) is 21.3 Å². The highest BCUT2D eigenvalue weighted by Gasteiger charge is 2.61. The number of aromatic nitrogens is 4. The molecule has 0 radical (unpaired) electrons. The zero-order valence-electron chi connectivity index (χ0n) is 34.8. The van der Waals surface area contributed by atoms with Crippen molar-refractivity contribution < 1.29 is 27.9 Å². The maximum Gasteiger partial charge on any atom is 0.329 e. The third-order valence-corrected chi connectivity index (χ3v) is 16.1. The first-order valence-corrected chi connectivity index (χ1v) is 23.4. The molecule has 4 aromatic rings. The molecule has 3 N–H and O–H groups in total. The van der Waals surface area contributed by atoms with E-state index in [-0.39, 0.29) is 30.3 Å². The molecule has 4 atom stereocenters. The summed E-state index contributed by atoms with van der Waals surface area (Å²) >= 11 is 0. The van der Waals surface area contributed by atoms with Crippen molar-refractivity contribution in [2.45, 2.75) is 112 Å². The van der Waals surface area contributed by atoms with E-state index in [9.17, 15) is 27.9 Å². The van der Waals surface area contributed by atoms with Crippen LogP contribution < -0.4 is 20.4 Å². The lowest BCUT2D eigenvalue weighted by molar-refractivity contribution is -0.121. The smallest absolute Gasteiger partial charge is 0.329 e. The van der Waals surface area contributed by atoms with E-state index in [4.69, 9.17) is 4.98 Å². The summed E-state index contributed by atoms with van der Waals surface area (Å²) in [6, 6.07) is 13.2. The number of piperidine rings is 2. The van der Waals surface area contributed by atoms with Crippen molar-refractivity contribution in [1.29, 1.82) is 0 Å². The predicted octanol–water partition coefficient (Wildman–Crippen LogP) is 4.38. The molecule has 16 nitrogen and oxygen atoms in total. The van der Waals surface area contributed by atoms with Gasteiger partial charge in [0.25, 0.3) is 0 Å². The Bertz CT molecular complexity index is 2520. The second-order valence-electron chi connectivity index (χ2n) is 18.2. The Morgan fingerprint density at radius 2 is 1.79 bits per heavy atom. The fourth-order valence-electron chi connectivity index (χ4n) is 10.7. The summed E-state index contributed by atoms with van der Waals surface area (Å²) in [6.45, 7) is 5.70. The standard InChI is InChI=1S/C44H54N10O6S/c1-27-25-51(17-13-34(27)29-9-10-35-37(22-29)50(2)49-39(35)53-20-14-38(56)47-43(53)58)26-28-5-3-8-33(21-28)61(59,60)52-18-11-30(12-19-52)46-42-45-24-36-40(48-42)54(41(57)44(36)15-16-44)31-6-4-7-32(55)23-31/h3,5,8-10,21-22,24,27,30-32,34,55H,4,6-7,11-20,23,25-26H2,1-2H3,(H,45,46,48)(H,47,56,58)/t27?,31-,32-,34?/m1/s1. The number of urea groups is 1. The molecule has 17 heteroatoms. The van der Waals surface area contributed by atoms with Crippen molar-refractivity contribution >= 4 is 56.4 Å². The molecule has 2 unspecified atom stereocenters. The summed E-state index contributed by atoms with van der Waals surface area (Å²) < 4.78 is 31.4. The van der Waals surface area contributed by atoms with Gasteiger partial charge < -0.3 is 10.4 Å². The SMILES string of the molecule is CC1CN(Cc2cccc(S(=O)(=O)N3CCC(Nc4ncc5c(n4)N([C@@H]4CCC[C@@H](O)C4)C(=O)C54CC4)CC3)c2)CCC1c1ccc2c(N3CCC(=O)NC3=O)nn(C)c2c1. The van der Waals surface area contributed by atoms with Gasteiger partial charge in [0.05, 0.1) is 21.9 Å². The summed E-state index contributed by atoms with van der Waals surface area (Å²) in [5.41, 5.74) is 3.52. The summed E-state index contributed by atoms with van der Waals surface area (Å²) in [5, 5.41) is 21.8. The van der Waals surface area contributed by atoms with Crippen LogP contribution in [0.5, 0.6) is 0 Å². The Labute approximate surface area is 355 Å². The third kappa shape index (κ3) is 7.26. The van der Waals surface area contributed by atoms with Gasteiger partial charge >= 0.3 is 6.03 Å². The van der Waals surface area contributed by atoms with Crippen LogP contribution in [0.2, 0.25) is 0 Å². The summed E-state index contributed by atoms with van der Waals surface area (Å²) in [5.74, 6) is 2.17. The van der Waals surface area contributed by atoms with E-state index in [0.717, 1.165) is 73.6 Å². The Kier molecular flexibility index (Phi) is 10.2. The van der Waals surface area contributed by atoms with E-state index >= 15 is 0 Å². The lowest BCUT2D eigenvalue weighted by Gasteiger charge is -2.37. The van der Waals surface area contributed by atoms with Gasteiger partial charge in [0, 0.05) is 75.4 Å². The van der Waals surface area contributed by atoms with Gasteiger partial charge in [-0.05, 0) is 112 Å². The van der Waals surface area contributed by atoms with Gasteiger partial charge in [0.2, 0.25) is 27.8 Å². The van der Waals surface area contributed by atoms with Crippen molar-refractivity contribution in [3.05, 3.63) is 65.4 Å². The van der Waals surface area contributed by atoms with Gasteiger partial charge in [0.1, 0.15) is 5.82 Å². The molecular weight excluding hydrogens is 797 g/mol. The molecule has 4 amide bonds. The van der Waals surface area contributed by atoms with Gasteiger partial charge in [-0.1, -0.05) is 25.1 Å². The Balaban J connectivity index is 0.752. The van der Waals surface area contributed by atoms with Crippen LogP contribution >= 0.6 is 0 Å². The van der Waals surface area contributed by atoms with Crippen LogP contribution in [0.15, 0.2) is 53.6 Å². The summed E-state index contributed by atoms with van der Waals surface area (Å²) in [6.07, 6.45) is 8.44. The van der Waals surface area contributed by atoms with Crippen LogP contribution in [0.25, 0.3) is 10.9 Å². The molecule has 4 aliphatic heterocycles. The van der Waals surface area contributed by atoms with Gasteiger partial charge in [-0.3, -0.25) is 34.3 Å². The number of aliphatic hydroxyl groups is 1. The molecule has 6 heterocycles. The molecule has 5 fully saturated rings. The molecule has 2 aromatic carbocycles. The van der Waals surface area contributed by atoms with Gasteiger partial charge in [0.15, 0.2) is 5.82 Å². The quantitative estimate of drug-likeness (QED) is 0.217. The summed E-state index contributed by atoms with van der Waals surface area (Å²) in [4.78, 5) is 53.5. The van der Waals surface area contributed by atoms with Gasteiger partial charge in [-0.15, -0.1) is 0 Å². The zero-order valence-corrected chi connectivity index (χ0v) is 35.6. The lowest BCUT2D eigenvalue weighted by atomic mass is 9.81. The number of rotatable bonds is 9. The fourth-order valence-corrected chi connectivity index (χ4v) is 12.2. The zero-order chi connectivity index (χ0) is 42.2. The normalized spacial score (nSPS) is 26.2. The number of imide groups is 1. The molecular formula is C44H54N10O6S. The molecule has 2 saturated carbocycles. The van der Waals surface area contributed by atoms with Crippen LogP contribution in [0, 0.1) is 5.92 Å². The number of aryl methyl sites for hydroxylation is 1. The van der Waals surface area contributed by atoms with E-state index in [2.05, 4.69) is 44.7 Å². The van der Waals surface area contributed by atoms with E-state index < -0.39 is 27.6 Å². The first-order chi connectivity index (χ1) is 29.4. The van der Waals surface area contributed by atoms with Crippen molar-refractivity contribution in [2.24, 2.45) is 13.0 Å². The van der Waals surface area contributed by atoms with Crippen molar-refractivity contribution in [3.63, 3.8) is 0 Å². The minimum Gasteiger partial charge on any atom is -0.393 e. The number of aliphatic hydroxyl groups excluding tert-OH is 1. The van der Waals surface area contributed by atoms with Gasteiger partial charge in [-0.2, -0.15) is 14.4 Å². The number of anilines is 3. The largest absolute Gasteiger partial charge is 0.393 e. The molecule has 10 rings (SSSR count). The number of nitrogens with zero attached hydrogens (tertiary/aromatic N) is 8. The Morgan fingerprint density at radius 1 is 0.967 bits per heavy atom. The maximum atomic E-state index is 14.0. The van der Waals surface area contributed by atoms with Crippen LogP contribution in [0.4, 0.5) is 22.4 Å². The number of carbonyl (C=O) groups is 3. The van der Waals surface area contributed by atoms with Crippen LogP contribution in [0.3, 0.4) is 0 Å². The first kappa shape index (κ1) is 40.1. The molecule has 3 saturated heterocycles. The number of amides is 4. The number of sulfonamides is 1. The second kappa shape index (κ2) is 15.4. The topological polar surface area (TPSA) is 186 Å². The number of carbonyl (C=O) groups excluding carboxylic acids is 3. The fraction of sp³-hybridized carbons (Fsp3) is 0.545. The molecule has 61 heavy (non-hydrogen) atoms. The summed E-state index contributed by atoms with van der Waals surface area (Å²) in [7, 11) is -1.84. The number of likely N-dealkylation sites (tertiary alicyclic amines) is 1. The number of fused-ring (bicyclic) bond motifs is 3. The minimum absolute atomic E-state index is 0.0166. The van der Waals surface area contributed by atoms with Crippen LogP contribution in [0.1, 0.15) is 93.7 Å². The molecule has 2 aromatic heterocycles. The van der Waals surface area contributed by atoms with Crippen molar-refractivity contribution in [2.75, 3.05) is 47.8 Å². The molecule has 6 aliphatic rings. The first-order valence-electron chi connectivity index (χ1n) is 21.9. The molecule has 0 bridgehead atoms. The van der Waals surface area contributed by atoms with E-state index in [1.807, 2.05) is 36.2 Å². The average Bonchev–Trinajstić information content (AvgIpc) is 3.94. The average molecular weight is 851 g/mol. The third-order valence-electron chi connectivity index (χ3n) is 14.2. The predicted molar refractivity (Wildman–Crippen MR) is 229 cm³/mol. The molecule has 1 spiro atoms. The second-order valence-corrected chi connectivity index (χ2v) is 20.2. The Morgan fingerprint density at radius 3 is 2.54 bits per heavy atom. The monoisotopic (exact) mass is 850 g/mol. The van der Waals surface area contributed by atoms with E-state index in [1.165, 1.54) is 10.5 Å². The van der Waals surface area contributed by atoms with Gasteiger partial charge in [-0.25, -0.2) is 18.2 Å². The highest BCUT2D eigenvalue weighted by Crippen LogP contribution is 2.57. The van der Waals surface area contributed by atoms with Crippen molar-refractivity contribution in [3.8, 4) is 0 Å². The number of hydrogen-bond acceptors (Lipinski definition) is 11. The highest BCUT2D eigenvalue weighted by atomic mass is 32.2. The van der Waals surface area contributed by atoms with Crippen molar-refractivity contribution in [1.82, 2.24) is 34.3 Å². The Hall–Kier alpha value is -4.97. The molecule has 322 valence electrons. The van der Waals surface area contributed by atoms with Crippen LogP contribution in [-0.4, -0.2) is 111 Å². The number of hydrogen-bond donors (Lipinski definition) is 3. The minimum atomic E-state index is -3.71. The number of benzene rings is 2. The number of nitrogens with one attached hydrogen (secondary N) is 2.